The number of aromatic amines is 1. The second kappa shape index (κ2) is 5.11. The van der Waals surface area contributed by atoms with Crippen LogP contribution in [-0.2, 0) is 23.7 Å². The zero-order valence-corrected chi connectivity index (χ0v) is 11.3. The number of aryl methyl sites for hydroxylation is 1. The number of hydrogen-bond donors (Lipinski definition) is 3. The van der Waals surface area contributed by atoms with Crippen molar-refractivity contribution in [3.63, 3.8) is 0 Å². The van der Waals surface area contributed by atoms with E-state index in [1.165, 1.54) is 18.6 Å². The van der Waals surface area contributed by atoms with Crippen LogP contribution >= 0.6 is 0 Å². The quantitative estimate of drug-likeness (QED) is 0.696. The summed E-state index contributed by atoms with van der Waals surface area (Å²) in [5.74, 6) is 0.515. The predicted molar refractivity (Wildman–Crippen MR) is 66.5 cm³/mol. The summed E-state index contributed by atoms with van der Waals surface area (Å²) < 4.78 is 28.4. The maximum Gasteiger partial charge on any atom is 0.242 e. The van der Waals surface area contributed by atoms with Gasteiger partial charge in [-0.2, -0.15) is 0 Å². The Labute approximate surface area is 110 Å². The van der Waals surface area contributed by atoms with E-state index in [1.54, 1.807) is 18.5 Å². The van der Waals surface area contributed by atoms with Crippen LogP contribution in [0.5, 0.6) is 0 Å². The Balaban J connectivity index is 2.20. The van der Waals surface area contributed by atoms with E-state index in [9.17, 15) is 8.42 Å². The monoisotopic (exact) mass is 285 g/mol. The Bertz CT molecular complexity index is 660. The molecule has 0 aliphatic rings. The molecule has 3 N–H and O–H groups in total. The molecule has 0 aliphatic heterocycles. The molecule has 0 amide bonds. The summed E-state index contributed by atoms with van der Waals surface area (Å²) in [6.45, 7) is 1.44. The lowest BCUT2D eigenvalue weighted by Crippen LogP contribution is -2.28. The molecular formula is C10H15N5O3S. The Morgan fingerprint density at radius 3 is 2.84 bits per heavy atom. The normalized spacial score (nSPS) is 13.6. The van der Waals surface area contributed by atoms with Crippen molar-refractivity contribution in [1.82, 2.24) is 24.5 Å². The van der Waals surface area contributed by atoms with Gasteiger partial charge in [-0.3, -0.25) is 0 Å². The van der Waals surface area contributed by atoms with Gasteiger partial charge in [0.25, 0.3) is 0 Å². The lowest BCUT2D eigenvalue weighted by molar-refractivity contribution is 0.277. The third-order valence-corrected chi connectivity index (χ3v) is 4.18. The van der Waals surface area contributed by atoms with E-state index in [1.807, 2.05) is 0 Å². The van der Waals surface area contributed by atoms with Gasteiger partial charge in [0.2, 0.25) is 10.0 Å². The van der Waals surface area contributed by atoms with Crippen LogP contribution < -0.4 is 4.72 Å². The van der Waals surface area contributed by atoms with E-state index >= 15 is 0 Å². The molecule has 0 aliphatic carbocycles. The Hall–Kier alpha value is -1.71. The van der Waals surface area contributed by atoms with Crippen molar-refractivity contribution in [2.45, 2.75) is 24.5 Å². The molecule has 2 rings (SSSR count). The second-order valence-corrected chi connectivity index (χ2v) is 5.88. The van der Waals surface area contributed by atoms with Gasteiger partial charge >= 0.3 is 0 Å². The SMILES string of the molecule is CC(NS(=O)(=O)c1c[nH]c(CO)c1)c1nncn1C. The van der Waals surface area contributed by atoms with Crippen molar-refractivity contribution in [3.8, 4) is 0 Å². The van der Waals surface area contributed by atoms with Crippen LogP contribution in [0.1, 0.15) is 24.5 Å². The number of H-pyrrole nitrogens is 1. The van der Waals surface area contributed by atoms with Crippen molar-refractivity contribution < 1.29 is 13.5 Å². The fourth-order valence-electron chi connectivity index (χ4n) is 1.70. The zero-order chi connectivity index (χ0) is 14.0. The largest absolute Gasteiger partial charge is 0.390 e. The lowest BCUT2D eigenvalue weighted by Gasteiger charge is -2.12. The standard InChI is InChI=1S/C10H15N5O3S/c1-7(10-13-12-6-15(10)2)14-19(17,18)9-3-8(5-16)11-4-9/h3-4,6-7,11,14,16H,5H2,1-2H3. The van der Waals surface area contributed by atoms with Gasteiger partial charge in [0, 0.05) is 18.9 Å². The minimum atomic E-state index is -3.67. The molecule has 0 spiro atoms. The highest BCUT2D eigenvalue weighted by atomic mass is 32.2. The van der Waals surface area contributed by atoms with E-state index in [2.05, 4.69) is 19.9 Å². The van der Waals surface area contributed by atoms with Crippen molar-refractivity contribution >= 4 is 10.0 Å². The molecule has 0 fully saturated rings. The number of hydrogen-bond acceptors (Lipinski definition) is 5. The number of aromatic nitrogens is 4. The third-order valence-electron chi connectivity index (χ3n) is 2.66. The molecule has 1 unspecified atom stereocenters. The van der Waals surface area contributed by atoms with E-state index in [0.29, 0.717) is 11.5 Å². The summed E-state index contributed by atoms with van der Waals surface area (Å²) in [7, 11) is -1.93. The number of rotatable bonds is 5. The van der Waals surface area contributed by atoms with Crippen LogP contribution in [-0.4, -0.2) is 33.3 Å². The zero-order valence-electron chi connectivity index (χ0n) is 10.5. The van der Waals surface area contributed by atoms with Crippen molar-refractivity contribution in [3.05, 3.63) is 30.1 Å². The Morgan fingerprint density at radius 2 is 2.32 bits per heavy atom. The molecule has 0 aromatic carbocycles. The molecule has 19 heavy (non-hydrogen) atoms. The fourth-order valence-corrected chi connectivity index (χ4v) is 2.92. The van der Waals surface area contributed by atoms with E-state index in [-0.39, 0.29) is 11.5 Å². The van der Waals surface area contributed by atoms with Crippen LogP contribution in [0.2, 0.25) is 0 Å². The van der Waals surface area contributed by atoms with Gasteiger partial charge in [0.1, 0.15) is 12.2 Å². The van der Waals surface area contributed by atoms with Gasteiger partial charge in [-0.1, -0.05) is 0 Å². The first-order chi connectivity index (χ1) is 8.94. The van der Waals surface area contributed by atoms with Crippen molar-refractivity contribution in [2.24, 2.45) is 7.05 Å². The molecule has 9 heteroatoms. The second-order valence-electron chi connectivity index (χ2n) is 4.16. The molecular weight excluding hydrogens is 270 g/mol. The summed E-state index contributed by atoms with van der Waals surface area (Å²) in [5.41, 5.74) is 0.437. The third kappa shape index (κ3) is 2.83. The maximum absolute atomic E-state index is 12.1. The van der Waals surface area contributed by atoms with Gasteiger partial charge in [-0.25, -0.2) is 13.1 Å². The van der Waals surface area contributed by atoms with Gasteiger partial charge in [-0.05, 0) is 13.0 Å². The van der Waals surface area contributed by atoms with E-state index < -0.39 is 16.1 Å². The van der Waals surface area contributed by atoms with Gasteiger partial charge in [0.15, 0.2) is 0 Å². The first-order valence-electron chi connectivity index (χ1n) is 5.58. The molecule has 2 aromatic rings. The predicted octanol–water partition coefficient (Wildman–Crippen LogP) is -0.325. The molecule has 2 aromatic heterocycles. The molecule has 8 nitrogen and oxygen atoms in total. The van der Waals surface area contributed by atoms with Crippen LogP contribution in [0.15, 0.2) is 23.5 Å². The van der Waals surface area contributed by atoms with Gasteiger partial charge in [0.05, 0.1) is 17.5 Å². The summed E-state index contributed by atoms with van der Waals surface area (Å²) in [5, 5.41) is 16.5. The van der Waals surface area contributed by atoms with E-state index in [4.69, 9.17) is 5.11 Å². The fraction of sp³-hybridized carbons (Fsp3) is 0.400. The highest BCUT2D eigenvalue weighted by Crippen LogP contribution is 2.15. The van der Waals surface area contributed by atoms with Crippen LogP contribution in [0, 0.1) is 0 Å². The molecule has 1 atom stereocenters. The number of sulfonamides is 1. The highest BCUT2D eigenvalue weighted by molar-refractivity contribution is 7.89. The summed E-state index contributed by atoms with van der Waals surface area (Å²) >= 11 is 0. The number of aliphatic hydroxyl groups excluding tert-OH is 1. The van der Waals surface area contributed by atoms with E-state index in [0.717, 1.165) is 0 Å². The highest BCUT2D eigenvalue weighted by Gasteiger charge is 2.22. The molecule has 0 saturated carbocycles. The molecule has 104 valence electrons. The lowest BCUT2D eigenvalue weighted by atomic mass is 10.3. The average Bonchev–Trinajstić information content (AvgIpc) is 2.96. The maximum atomic E-state index is 12.1. The number of nitrogens with one attached hydrogen (secondary N) is 2. The summed E-state index contributed by atoms with van der Waals surface area (Å²) in [4.78, 5) is 2.75. The van der Waals surface area contributed by atoms with Gasteiger partial charge < -0.3 is 14.7 Å². The van der Waals surface area contributed by atoms with Crippen LogP contribution in [0.25, 0.3) is 0 Å². The van der Waals surface area contributed by atoms with Crippen LogP contribution in [0.4, 0.5) is 0 Å². The molecule has 2 heterocycles. The Morgan fingerprint density at radius 1 is 1.58 bits per heavy atom. The first kappa shape index (κ1) is 13.7. The Kier molecular flexibility index (Phi) is 3.69. The number of nitrogens with zero attached hydrogens (tertiary/aromatic N) is 3. The minimum absolute atomic E-state index is 0.0746. The average molecular weight is 285 g/mol. The molecule has 0 bridgehead atoms. The molecule has 0 radical (unpaired) electrons. The number of aliphatic hydroxyl groups is 1. The summed E-state index contributed by atoms with van der Waals surface area (Å²) in [6.07, 6.45) is 2.83. The topological polar surface area (TPSA) is 113 Å². The molecule has 0 saturated heterocycles. The first-order valence-corrected chi connectivity index (χ1v) is 7.06. The smallest absolute Gasteiger partial charge is 0.242 e. The summed E-state index contributed by atoms with van der Waals surface area (Å²) in [6, 6.07) is 0.871. The van der Waals surface area contributed by atoms with Crippen molar-refractivity contribution in [2.75, 3.05) is 0 Å². The van der Waals surface area contributed by atoms with Gasteiger partial charge in [-0.15, -0.1) is 10.2 Å². The van der Waals surface area contributed by atoms with Crippen molar-refractivity contribution in [1.29, 1.82) is 0 Å². The van der Waals surface area contributed by atoms with Crippen LogP contribution in [0.3, 0.4) is 0 Å². The minimum Gasteiger partial charge on any atom is -0.390 e.